The van der Waals surface area contributed by atoms with Gasteiger partial charge in [0.2, 0.25) is 0 Å². The zero-order valence-corrected chi connectivity index (χ0v) is 12.5. The van der Waals surface area contributed by atoms with Crippen molar-refractivity contribution in [1.29, 1.82) is 0 Å². The van der Waals surface area contributed by atoms with E-state index in [9.17, 15) is 18.0 Å². The summed E-state index contributed by atoms with van der Waals surface area (Å²) < 4.78 is 37.4. The highest BCUT2D eigenvalue weighted by molar-refractivity contribution is 5.88. The Balaban J connectivity index is 1.71. The average molecular weight is 340 g/mol. The van der Waals surface area contributed by atoms with Crippen LogP contribution in [-0.4, -0.2) is 37.9 Å². The summed E-state index contributed by atoms with van der Waals surface area (Å²) in [6, 6.07) is 3.09. The molecule has 0 saturated carbocycles. The van der Waals surface area contributed by atoms with E-state index >= 15 is 0 Å². The number of carbonyl (C=O) groups is 1. The minimum atomic E-state index is -4.56. The van der Waals surface area contributed by atoms with E-state index in [1.807, 2.05) is 0 Å². The Bertz CT molecular complexity index is 686. The van der Waals surface area contributed by atoms with Crippen LogP contribution in [0, 0.1) is 0 Å². The Morgan fingerprint density at radius 3 is 2.71 bits per heavy atom. The Labute approximate surface area is 135 Å². The summed E-state index contributed by atoms with van der Waals surface area (Å²) in [7, 11) is 0. The van der Waals surface area contributed by atoms with Crippen LogP contribution in [0.3, 0.4) is 0 Å². The van der Waals surface area contributed by atoms with Crippen molar-refractivity contribution >= 4 is 11.8 Å². The van der Waals surface area contributed by atoms with Gasteiger partial charge in [0.25, 0.3) is 0 Å². The molecule has 2 N–H and O–H groups in total. The molecular weight excluding hydrogens is 325 g/mol. The van der Waals surface area contributed by atoms with Gasteiger partial charge in [-0.05, 0) is 37.5 Å². The third-order valence-electron chi connectivity index (χ3n) is 3.83. The molecule has 3 heterocycles. The lowest BCUT2D eigenvalue weighted by Crippen LogP contribution is -2.41. The smallest absolute Gasteiger partial charge is 0.316 e. The third kappa shape index (κ3) is 3.47. The van der Waals surface area contributed by atoms with Gasteiger partial charge in [0, 0.05) is 12.7 Å². The lowest BCUT2D eigenvalue weighted by Gasteiger charge is -2.34. The Morgan fingerprint density at radius 2 is 2.08 bits per heavy atom. The number of H-pyrrole nitrogens is 1. The third-order valence-corrected chi connectivity index (χ3v) is 3.83. The Hall–Kier alpha value is -2.65. The van der Waals surface area contributed by atoms with Gasteiger partial charge in [0.1, 0.15) is 0 Å². The van der Waals surface area contributed by atoms with Gasteiger partial charge in [0.15, 0.2) is 11.5 Å². The van der Waals surface area contributed by atoms with Crippen molar-refractivity contribution in [3.8, 4) is 0 Å². The fraction of sp³-hybridized carbons (Fsp3) is 0.429. The second-order valence-electron chi connectivity index (χ2n) is 5.45. The molecule has 1 saturated heterocycles. The summed E-state index contributed by atoms with van der Waals surface area (Å²) in [5.41, 5.74) is -0.280. The van der Waals surface area contributed by atoms with Crippen molar-refractivity contribution in [2.45, 2.75) is 31.5 Å². The fourth-order valence-electron chi connectivity index (χ4n) is 2.68. The van der Waals surface area contributed by atoms with Crippen molar-refractivity contribution in [3.63, 3.8) is 0 Å². The quantitative estimate of drug-likeness (QED) is 0.880. The zero-order chi connectivity index (χ0) is 17.2. The number of hydrogen-bond acceptors (Lipinski definition) is 4. The number of rotatable bonds is 2. The number of halogens is 3. The van der Waals surface area contributed by atoms with Crippen molar-refractivity contribution in [3.05, 3.63) is 35.8 Å². The van der Waals surface area contributed by atoms with E-state index < -0.39 is 17.9 Å². The molecule has 128 valence electrons. The number of piperidine rings is 1. The number of hydrogen-bond donors (Lipinski definition) is 2. The maximum Gasteiger partial charge on any atom is 0.435 e. The molecule has 0 radical (unpaired) electrons. The normalized spacial score (nSPS) is 18.5. The van der Waals surface area contributed by atoms with Crippen molar-refractivity contribution in [1.82, 2.24) is 25.3 Å². The number of carbonyl (C=O) groups excluding carboxylic acids is 1. The number of alkyl halides is 3. The highest BCUT2D eigenvalue weighted by Gasteiger charge is 2.33. The summed E-state index contributed by atoms with van der Waals surface area (Å²) in [4.78, 5) is 14.1. The van der Waals surface area contributed by atoms with Gasteiger partial charge < -0.3 is 4.90 Å². The Morgan fingerprint density at radius 1 is 1.25 bits per heavy atom. The van der Waals surface area contributed by atoms with E-state index in [1.165, 1.54) is 0 Å². The molecule has 0 aromatic carbocycles. The van der Waals surface area contributed by atoms with Crippen LogP contribution in [0.2, 0.25) is 0 Å². The van der Waals surface area contributed by atoms with Gasteiger partial charge in [-0.15, -0.1) is 10.2 Å². The second kappa shape index (κ2) is 6.46. The van der Waals surface area contributed by atoms with Crippen LogP contribution in [0.15, 0.2) is 24.4 Å². The number of aromatic nitrogens is 4. The van der Waals surface area contributed by atoms with Crippen LogP contribution in [0.4, 0.5) is 23.8 Å². The topological polar surface area (TPSA) is 86.8 Å². The number of aromatic amines is 1. The molecule has 2 aromatic rings. The molecule has 3 rings (SSSR count). The molecule has 2 aromatic heterocycles. The first-order valence-electron chi connectivity index (χ1n) is 7.43. The van der Waals surface area contributed by atoms with E-state index in [2.05, 4.69) is 25.7 Å². The molecule has 24 heavy (non-hydrogen) atoms. The average Bonchev–Trinajstić information content (AvgIpc) is 3.09. The molecule has 0 aliphatic carbocycles. The molecular formula is C14H15F3N6O. The van der Waals surface area contributed by atoms with Gasteiger partial charge in [-0.3, -0.25) is 10.4 Å². The van der Waals surface area contributed by atoms with E-state index in [-0.39, 0.29) is 11.9 Å². The Kier molecular flexibility index (Phi) is 4.36. The monoisotopic (exact) mass is 340 g/mol. The van der Waals surface area contributed by atoms with Crippen LogP contribution in [-0.2, 0) is 6.18 Å². The molecule has 7 nitrogen and oxygen atoms in total. The largest absolute Gasteiger partial charge is 0.435 e. The van der Waals surface area contributed by atoms with Crippen LogP contribution < -0.4 is 5.32 Å². The second-order valence-corrected chi connectivity index (χ2v) is 5.45. The summed E-state index contributed by atoms with van der Waals surface area (Å²) in [5.74, 6) is -0.0260. The van der Waals surface area contributed by atoms with E-state index in [1.54, 1.807) is 17.2 Å². The van der Waals surface area contributed by atoms with Crippen LogP contribution in [0.25, 0.3) is 0 Å². The molecule has 1 atom stereocenters. The molecule has 10 heteroatoms. The first-order valence-corrected chi connectivity index (χ1v) is 7.43. The molecule has 0 bridgehead atoms. The summed E-state index contributed by atoms with van der Waals surface area (Å²) in [6.07, 6.45) is -0.325. The number of urea groups is 1. The van der Waals surface area contributed by atoms with Gasteiger partial charge in [-0.2, -0.15) is 18.3 Å². The standard InChI is InChI=1S/C14H15F3N6O/c15-14(16,17)11-4-5-12(22-21-11)19-13(24)23-8-2-1-3-10(23)9-6-7-18-20-9/h4-7,10H,1-3,8H2,(H,18,20)(H,19,22,24). The van der Waals surface area contributed by atoms with Crippen molar-refractivity contribution in [2.75, 3.05) is 11.9 Å². The van der Waals surface area contributed by atoms with E-state index in [0.29, 0.717) is 6.54 Å². The molecule has 0 spiro atoms. The van der Waals surface area contributed by atoms with Gasteiger partial charge in [0.05, 0.1) is 11.7 Å². The summed E-state index contributed by atoms with van der Waals surface area (Å²) in [6.45, 7) is 0.545. The van der Waals surface area contributed by atoms with Crippen molar-refractivity contribution in [2.24, 2.45) is 0 Å². The van der Waals surface area contributed by atoms with E-state index in [4.69, 9.17) is 0 Å². The lowest BCUT2D eigenvalue weighted by molar-refractivity contribution is -0.141. The number of anilines is 1. The van der Waals surface area contributed by atoms with Gasteiger partial charge >= 0.3 is 12.2 Å². The highest BCUT2D eigenvalue weighted by Crippen LogP contribution is 2.30. The predicted molar refractivity (Wildman–Crippen MR) is 77.9 cm³/mol. The van der Waals surface area contributed by atoms with Crippen LogP contribution in [0.1, 0.15) is 36.7 Å². The first kappa shape index (κ1) is 16.2. The minimum absolute atomic E-state index is 0.0260. The van der Waals surface area contributed by atoms with E-state index in [0.717, 1.165) is 37.1 Å². The molecule has 1 aliphatic heterocycles. The zero-order valence-electron chi connectivity index (χ0n) is 12.5. The summed E-state index contributed by atoms with van der Waals surface area (Å²) in [5, 5.41) is 15.8. The number of nitrogens with zero attached hydrogens (tertiary/aromatic N) is 4. The molecule has 1 unspecified atom stereocenters. The minimum Gasteiger partial charge on any atom is -0.316 e. The fourth-order valence-corrected chi connectivity index (χ4v) is 2.68. The van der Waals surface area contributed by atoms with Crippen molar-refractivity contribution < 1.29 is 18.0 Å². The maximum atomic E-state index is 12.5. The molecule has 1 aliphatic rings. The first-order chi connectivity index (χ1) is 11.4. The number of likely N-dealkylation sites (tertiary alicyclic amines) is 1. The summed E-state index contributed by atoms with van der Waals surface area (Å²) >= 11 is 0. The number of amides is 2. The maximum absolute atomic E-state index is 12.5. The lowest BCUT2D eigenvalue weighted by atomic mass is 10.00. The number of nitrogens with one attached hydrogen (secondary N) is 2. The molecule has 2 amide bonds. The van der Waals surface area contributed by atoms with Crippen LogP contribution >= 0.6 is 0 Å². The van der Waals surface area contributed by atoms with Gasteiger partial charge in [-0.25, -0.2) is 4.79 Å². The van der Waals surface area contributed by atoms with Gasteiger partial charge in [-0.1, -0.05) is 0 Å². The van der Waals surface area contributed by atoms with Crippen LogP contribution in [0.5, 0.6) is 0 Å². The highest BCUT2D eigenvalue weighted by atomic mass is 19.4. The SMILES string of the molecule is O=C(Nc1ccc(C(F)(F)F)nn1)N1CCCCC1c1ccn[nH]1. The predicted octanol–water partition coefficient (Wildman–Crippen LogP) is 2.98. The molecule has 1 fully saturated rings.